The Labute approximate surface area is 330 Å². The molecular weight excluding hydrogens is 661 g/mol. The van der Waals surface area contributed by atoms with E-state index in [2.05, 4.69) is 179 Å². The molecule has 0 unspecified atom stereocenters. The number of hydrogen-bond donors (Lipinski definition) is 3. The molecule has 0 radical (unpaired) electrons. The minimum Gasteiger partial charge on any atom is -0.507 e. The van der Waals surface area contributed by atoms with Crippen molar-refractivity contribution in [3.8, 4) is 17.2 Å². The quantitative estimate of drug-likeness (QED) is 0.236. The summed E-state index contributed by atoms with van der Waals surface area (Å²) in [5.74, 6) is 1.23. The van der Waals surface area contributed by atoms with Gasteiger partial charge >= 0.3 is 0 Å². The molecule has 3 nitrogen and oxygen atoms in total. The van der Waals surface area contributed by atoms with Crippen molar-refractivity contribution < 1.29 is 15.3 Å². The molecule has 3 aromatic rings. The molecule has 0 aliphatic heterocycles. The Morgan fingerprint density at radius 2 is 0.685 bits per heavy atom. The van der Waals surface area contributed by atoms with Crippen molar-refractivity contribution in [2.45, 2.75) is 183 Å². The van der Waals surface area contributed by atoms with Gasteiger partial charge in [-0.2, -0.15) is 0 Å². The standard InChI is InChI=1S/C51H74O3/c1-45(2,3)36-23-33(24-37(42(36)52)46(4,5)6)22-32-20-19-21-51(29-32,30-34-25-38(47(7,8)9)43(53)39(26-34)48(10,11)12)31-35-27-40(49(13,14)15)44(54)41(28-35)50(16,17)18/h19-21,23-28,52-54H,22,29-31H2,1-18H3. The molecule has 1 aliphatic rings. The number of phenolic OH excluding ortho intramolecular Hbond substituents is 3. The van der Waals surface area contributed by atoms with Gasteiger partial charge in [0.05, 0.1) is 0 Å². The third-order valence-electron chi connectivity index (χ3n) is 11.3. The van der Waals surface area contributed by atoms with Crippen molar-refractivity contribution in [2.24, 2.45) is 5.41 Å². The van der Waals surface area contributed by atoms with E-state index in [0.717, 1.165) is 59.1 Å². The van der Waals surface area contributed by atoms with Crippen LogP contribution in [-0.4, -0.2) is 15.3 Å². The van der Waals surface area contributed by atoms with Crippen LogP contribution in [0.4, 0.5) is 0 Å². The molecule has 0 fully saturated rings. The SMILES string of the molecule is CC(C)(C)c1cc(CC2=CC=CC(Cc3cc(C(C)(C)C)c(O)c(C(C)(C)C)c3)(Cc3cc(C(C)(C)C)c(O)c(C(C)(C)C)c3)C2)cc(C(C)(C)C)c1O. The zero-order chi connectivity index (χ0) is 41.2. The molecule has 3 heteroatoms. The topological polar surface area (TPSA) is 60.7 Å². The lowest BCUT2D eigenvalue weighted by atomic mass is 9.67. The molecule has 0 amide bonds. The first-order valence-electron chi connectivity index (χ1n) is 20.2. The highest BCUT2D eigenvalue weighted by Crippen LogP contribution is 2.47. The minimum absolute atomic E-state index is 0.201. The Bertz CT molecular complexity index is 1730. The molecule has 0 aromatic heterocycles. The first-order valence-corrected chi connectivity index (χ1v) is 20.2. The van der Waals surface area contributed by atoms with Crippen LogP contribution in [0.15, 0.2) is 60.2 Å². The first kappa shape index (κ1) is 43.3. The summed E-state index contributed by atoms with van der Waals surface area (Å²) in [6.45, 7) is 39.3. The largest absolute Gasteiger partial charge is 0.507 e. The van der Waals surface area contributed by atoms with E-state index in [1.54, 1.807) is 0 Å². The second-order valence-electron chi connectivity index (χ2n) is 22.9. The van der Waals surface area contributed by atoms with Crippen LogP contribution in [0.2, 0.25) is 0 Å². The van der Waals surface area contributed by atoms with Crippen LogP contribution in [0, 0.1) is 5.41 Å². The van der Waals surface area contributed by atoms with Gasteiger partial charge < -0.3 is 15.3 Å². The molecule has 0 saturated heterocycles. The van der Waals surface area contributed by atoms with Gasteiger partial charge in [-0.05, 0) is 108 Å². The summed E-state index contributed by atoms with van der Waals surface area (Å²) in [5, 5.41) is 34.8. The molecule has 0 bridgehead atoms. The summed E-state index contributed by atoms with van der Waals surface area (Å²) in [7, 11) is 0. The molecule has 0 heterocycles. The maximum Gasteiger partial charge on any atom is 0.123 e. The predicted octanol–water partition coefficient (Wildman–Crippen LogP) is 13.5. The summed E-state index contributed by atoms with van der Waals surface area (Å²) < 4.78 is 0. The van der Waals surface area contributed by atoms with Crippen LogP contribution in [-0.2, 0) is 51.8 Å². The van der Waals surface area contributed by atoms with Gasteiger partial charge in [0, 0.05) is 5.41 Å². The number of aromatic hydroxyl groups is 3. The first-order chi connectivity index (χ1) is 24.2. The highest BCUT2D eigenvalue weighted by atomic mass is 16.3. The van der Waals surface area contributed by atoms with Crippen LogP contribution < -0.4 is 0 Å². The summed E-state index contributed by atoms with van der Waals surface area (Å²) >= 11 is 0. The normalized spacial score (nSPS) is 15.8. The maximum absolute atomic E-state index is 11.6. The average Bonchev–Trinajstić information content (AvgIpc) is 2.96. The molecule has 0 spiro atoms. The summed E-state index contributed by atoms with van der Waals surface area (Å²) in [5.41, 5.74) is 9.40. The van der Waals surface area contributed by atoms with Crippen molar-refractivity contribution in [3.63, 3.8) is 0 Å². The highest BCUT2D eigenvalue weighted by Gasteiger charge is 2.36. The monoisotopic (exact) mass is 735 g/mol. The van der Waals surface area contributed by atoms with E-state index >= 15 is 0 Å². The van der Waals surface area contributed by atoms with Crippen molar-refractivity contribution >= 4 is 0 Å². The fourth-order valence-electron chi connectivity index (χ4n) is 8.28. The van der Waals surface area contributed by atoms with E-state index in [-0.39, 0.29) is 37.9 Å². The van der Waals surface area contributed by atoms with Gasteiger partial charge in [-0.25, -0.2) is 0 Å². The van der Waals surface area contributed by atoms with E-state index < -0.39 is 0 Å². The van der Waals surface area contributed by atoms with Crippen LogP contribution in [0.1, 0.15) is 181 Å². The van der Waals surface area contributed by atoms with E-state index in [9.17, 15) is 15.3 Å². The van der Waals surface area contributed by atoms with Crippen LogP contribution in [0.3, 0.4) is 0 Å². The second kappa shape index (κ2) is 14.2. The Morgan fingerprint density at radius 1 is 0.426 bits per heavy atom. The molecule has 0 saturated carbocycles. The van der Waals surface area contributed by atoms with Crippen molar-refractivity contribution in [1.29, 1.82) is 0 Å². The highest BCUT2D eigenvalue weighted by molar-refractivity contribution is 5.54. The molecule has 296 valence electrons. The van der Waals surface area contributed by atoms with Gasteiger partial charge in [0.15, 0.2) is 0 Å². The third kappa shape index (κ3) is 9.66. The molecule has 3 N–H and O–H groups in total. The smallest absolute Gasteiger partial charge is 0.123 e. The average molecular weight is 735 g/mol. The Hall–Kier alpha value is -3.46. The summed E-state index contributed by atoms with van der Waals surface area (Å²) in [6, 6.07) is 13.5. The van der Waals surface area contributed by atoms with Crippen molar-refractivity contribution in [3.05, 3.63) is 110 Å². The van der Waals surface area contributed by atoms with Gasteiger partial charge in [-0.15, -0.1) is 0 Å². The number of hydrogen-bond acceptors (Lipinski definition) is 3. The maximum atomic E-state index is 11.6. The molecule has 4 rings (SSSR count). The number of allylic oxidation sites excluding steroid dienone is 4. The Balaban J connectivity index is 1.94. The van der Waals surface area contributed by atoms with Gasteiger partial charge in [-0.3, -0.25) is 0 Å². The number of phenols is 3. The molecule has 0 atom stereocenters. The fraction of sp³-hybridized carbons (Fsp3) is 0.569. The predicted molar refractivity (Wildman–Crippen MR) is 232 cm³/mol. The van der Waals surface area contributed by atoms with Crippen LogP contribution in [0.5, 0.6) is 17.2 Å². The number of benzene rings is 3. The van der Waals surface area contributed by atoms with E-state index in [0.29, 0.717) is 17.2 Å². The van der Waals surface area contributed by atoms with Crippen LogP contribution >= 0.6 is 0 Å². The minimum atomic E-state index is -0.261. The Kier molecular flexibility index (Phi) is 11.4. The zero-order valence-corrected chi connectivity index (χ0v) is 37.4. The molecule has 54 heavy (non-hydrogen) atoms. The lowest BCUT2D eigenvalue weighted by Gasteiger charge is -2.37. The van der Waals surface area contributed by atoms with E-state index in [1.165, 1.54) is 22.3 Å². The van der Waals surface area contributed by atoms with E-state index in [4.69, 9.17) is 0 Å². The summed E-state index contributed by atoms with van der Waals surface area (Å²) in [4.78, 5) is 0. The lowest BCUT2D eigenvalue weighted by molar-refractivity contribution is 0.360. The third-order valence-corrected chi connectivity index (χ3v) is 11.3. The zero-order valence-electron chi connectivity index (χ0n) is 37.4. The molecule has 1 aliphatic carbocycles. The van der Waals surface area contributed by atoms with Gasteiger partial charge in [-0.1, -0.05) is 185 Å². The lowest BCUT2D eigenvalue weighted by Crippen LogP contribution is -2.29. The van der Waals surface area contributed by atoms with Gasteiger partial charge in [0.25, 0.3) is 0 Å². The van der Waals surface area contributed by atoms with E-state index in [1.807, 2.05) is 0 Å². The van der Waals surface area contributed by atoms with Gasteiger partial charge in [0.2, 0.25) is 0 Å². The molecular formula is C51H74O3. The molecule has 3 aromatic carbocycles. The van der Waals surface area contributed by atoms with Crippen LogP contribution in [0.25, 0.3) is 0 Å². The van der Waals surface area contributed by atoms with Crippen molar-refractivity contribution in [1.82, 2.24) is 0 Å². The number of rotatable bonds is 6. The van der Waals surface area contributed by atoms with Crippen molar-refractivity contribution in [2.75, 3.05) is 0 Å². The second-order valence-corrected chi connectivity index (χ2v) is 22.9. The fourth-order valence-corrected chi connectivity index (χ4v) is 8.28. The Morgan fingerprint density at radius 3 is 0.944 bits per heavy atom. The van der Waals surface area contributed by atoms with Gasteiger partial charge in [0.1, 0.15) is 17.2 Å². The summed E-state index contributed by atoms with van der Waals surface area (Å²) in [6.07, 6.45) is 10.3.